The summed E-state index contributed by atoms with van der Waals surface area (Å²) in [6.07, 6.45) is 8.27. The van der Waals surface area contributed by atoms with Crippen molar-refractivity contribution in [2.45, 2.75) is 120 Å². The van der Waals surface area contributed by atoms with E-state index in [1.165, 1.54) is 0 Å². The van der Waals surface area contributed by atoms with Gasteiger partial charge in [0, 0.05) is 0 Å². The molecule has 0 bridgehead atoms. The Balaban J connectivity index is -0.000000174. The van der Waals surface area contributed by atoms with E-state index in [0.29, 0.717) is 0 Å². The Bertz CT molecular complexity index is 389. The third-order valence-electron chi connectivity index (χ3n) is 7.87. The molecule has 0 amide bonds. The van der Waals surface area contributed by atoms with Crippen molar-refractivity contribution >= 4 is 17.4 Å². The zero-order chi connectivity index (χ0) is 24.6. The van der Waals surface area contributed by atoms with Crippen molar-refractivity contribution in [3.05, 3.63) is 37.0 Å². The molecule has 0 aliphatic carbocycles. The molecule has 0 radical (unpaired) electrons. The fraction of sp³-hybridized carbons (Fsp3) is 0.778. The van der Waals surface area contributed by atoms with Crippen LogP contribution in [0.5, 0.6) is 0 Å². The Morgan fingerprint density at radius 2 is 0.516 bits per heavy atom. The monoisotopic (exact) mass is 450 g/mol. The van der Waals surface area contributed by atoms with Gasteiger partial charge >= 0.3 is 17.4 Å². The van der Waals surface area contributed by atoms with Gasteiger partial charge in [0.1, 0.15) is 0 Å². The van der Waals surface area contributed by atoms with E-state index in [9.17, 15) is 15.3 Å². The minimum absolute atomic E-state index is 0. The van der Waals surface area contributed by atoms with Crippen molar-refractivity contribution < 1.29 is 15.3 Å². The predicted molar refractivity (Wildman–Crippen MR) is 133 cm³/mol. The summed E-state index contributed by atoms with van der Waals surface area (Å²) in [5.41, 5.74) is -0.375. The van der Waals surface area contributed by atoms with Gasteiger partial charge in [0.25, 0.3) is 0 Å². The first kappa shape index (κ1) is 37.5. The standard InChI is InChI=1S/3C9H18O.Al/c3*1-5-9(6-2,7-3)8(4)10;/h3*10H,4-7H2,1-3H3;/q;;;+3/p-3. The van der Waals surface area contributed by atoms with Crippen molar-refractivity contribution in [3.63, 3.8) is 0 Å². The van der Waals surface area contributed by atoms with Gasteiger partial charge in [0.15, 0.2) is 0 Å². The second kappa shape index (κ2) is 18.7. The molecule has 0 aromatic heterocycles. The smallest absolute Gasteiger partial charge is 0.875 e. The summed E-state index contributed by atoms with van der Waals surface area (Å²) < 4.78 is 0. The molecule has 31 heavy (non-hydrogen) atoms. The number of rotatable bonds is 12. The molecule has 0 unspecified atom stereocenters. The van der Waals surface area contributed by atoms with Gasteiger partial charge in [-0.25, -0.2) is 0 Å². The molecule has 0 saturated heterocycles. The summed E-state index contributed by atoms with van der Waals surface area (Å²) in [5.74, 6) is 0.292. The molecule has 180 valence electrons. The number of hydrogen-bond acceptors (Lipinski definition) is 3. The third kappa shape index (κ3) is 11.0. The molecule has 0 heterocycles. The maximum absolute atomic E-state index is 11.0. The zero-order valence-electron chi connectivity index (χ0n) is 22.3. The quantitative estimate of drug-likeness (QED) is 0.277. The van der Waals surface area contributed by atoms with Crippen LogP contribution in [-0.2, 0) is 0 Å². The first-order valence-corrected chi connectivity index (χ1v) is 12.0. The van der Waals surface area contributed by atoms with E-state index in [1.54, 1.807) is 0 Å². The van der Waals surface area contributed by atoms with Crippen molar-refractivity contribution in [1.82, 2.24) is 0 Å². The summed E-state index contributed by atoms with van der Waals surface area (Å²) in [6.45, 7) is 28.9. The van der Waals surface area contributed by atoms with E-state index < -0.39 is 0 Å². The molecule has 4 heteroatoms. The van der Waals surface area contributed by atoms with Crippen LogP contribution >= 0.6 is 0 Å². The first-order valence-electron chi connectivity index (χ1n) is 12.0. The van der Waals surface area contributed by atoms with Gasteiger partial charge in [0.2, 0.25) is 0 Å². The predicted octanol–water partition coefficient (Wildman–Crippen LogP) is 5.85. The second-order valence-corrected chi connectivity index (χ2v) is 8.29. The maximum Gasteiger partial charge on any atom is 3.00 e. The Hall–Kier alpha value is -0.848. The summed E-state index contributed by atoms with van der Waals surface area (Å²) in [5, 5.41) is 33.1. The van der Waals surface area contributed by atoms with Crippen LogP contribution in [0.3, 0.4) is 0 Å². The van der Waals surface area contributed by atoms with Crippen LogP contribution in [-0.4, -0.2) is 17.4 Å². The molecule has 0 fully saturated rings. The zero-order valence-corrected chi connectivity index (χ0v) is 23.4. The average Bonchev–Trinajstić information content (AvgIpc) is 2.73. The van der Waals surface area contributed by atoms with E-state index in [-0.39, 0.29) is 50.9 Å². The summed E-state index contributed by atoms with van der Waals surface area (Å²) >= 11 is 0. The molecule has 0 aromatic rings. The Morgan fingerprint density at radius 3 is 0.516 bits per heavy atom. The van der Waals surface area contributed by atoms with Crippen molar-refractivity contribution in [2.24, 2.45) is 16.2 Å². The van der Waals surface area contributed by atoms with Gasteiger partial charge in [-0.2, -0.15) is 0 Å². The molecular weight excluding hydrogens is 399 g/mol. The van der Waals surface area contributed by atoms with E-state index in [2.05, 4.69) is 82.1 Å². The van der Waals surface area contributed by atoms with Crippen molar-refractivity contribution in [3.8, 4) is 0 Å². The fourth-order valence-electron chi connectivity index (χ4n) is 4.02. The van der Waals surface area contributed by atoms with Crippen LogP contribution < -0.4 is 15.3 Å². The number of allylic oxidation sites excluding steroid dienone is 3. The molecule has 0 aromatic carbocycles. The molecule has 0 rings (SSSR count). The molecule has 0 aliphatic heterocycles. The van der Waals surface area contributed by atoms with Gasteiger partial charge < -0.3 is 15.3 Å². The van der Waals surface area contributed by atoms with E-state index >= 15 is 0 Å². The first-order chi connectivity index (χ1) is 13.9. The molecule has 0 spiro atoms. The normalized spacial score (nSPS) is 11.1. The van der Waals surface area contributed by atoms with Gasteiger partial charge in [-0.15, -0.1) is 37.0 Å². The van der Waals surface area contributed by atoms with Crippen LogP contribution in [0.1, 0.15) is 120 Å². The largest absolute Gasteiger partial charge is 3.00 e. The summed E-state index contributed by atoms with van der Waals surface area (Å²) in [6, 6.07) is 0. The minimum atomic E-state index is -0.125. The van der Waals surface area contributed by atoms with E-state index in [0.717, 1.165) is 57.8 Å². The van der Waals surface area contributed by atoms with Crippen LogP contribution in [0.15, 0.2) is 37.0 Å². The van der Waals surface area contributed by atoms with Crippen LogP contribution in [0, 0.1) is 16.2 Å². The van der Waals surface area contributed by atoms with Gasteiger partial charge in [-0.1, -0.05) is 62.3 Å². The molecule has 0 aliphatic rings. The fourth-order valence-corrected chi connectivity index (χ4v) is 4.02. The Morgan fingerprint density at radius 1 is 0.419 bits per heavy atom. The van der Waals surface area contributed by atoms with Crippen molar-refractivity contribution in [1.29, 1.82) is 0 Å². The Labute approximate surface area is 205 Å². The average molecular weight is 451 g/mol. The maximum atomic E-state index is 11.0. The number of hydrogen-bond donors (Lipinski definition) is 0. The van der Waals surface area contributed by atoms with E-state index in [4.69, 9.17) is 0 Å². The molecular formula is C27H51AlO3. The topological polar surface area (TPSA) is 69.2 Å². The molecule has 0 saturated carbocycles. The molecule has 3 nitrogen and oxygen atoms in total. The SMILES string of the molecule is C=C([O-])C(CC)(CC)CC.C=C([O-])C(CC)(CC)CC.C=C([O-])C(CC)(CC)CC.[Al+3]. The Kier molecular flexibility index (Phi) is 22.6. The molecule has 0 N–H and O–H groups in total. The van der Waals surface area contributed by atoms with Crippen LogP contribution in [0.2, 0.25) is 0 Å². The van der Waals surface area contributed by atoms with Gasteiger partial charge in [-0.05, 0) is 74.0 Å². The van der Waals surface area contributed by atoms with Crippen LogP contribution in [0.4, 0.5) is 0 Å². The molecule has 0 atom stereocenters. The van der Waals surface area contributed by atoms with Crippen molar-refractivity contribution in [2.75, 3.05) is 0 Å². The van der Waals surface area contributed by atoms with E-state index in [1.807, 2.05) is 0 Å². The third-order valence-corrected chi connectivity index (χ3v) is 7.87. The van der Waals surface area contributed by atoms with Gasteiger partial charge in [-0.3, -0.25) is 0 Å². The summed E-state index contributed by atoms with van der Waals surface area (Å²) in [7, 11) is 0. The van der Waals surface area contributed by atoms with Gasteiger partial charge in [0.05, 0.1) is 0 Å². The van der Waals surface area contributed by atoms with Crippen LogP contribution in [0.25, 0.3) is 0 Å². The minimum Gasteiger partial charge on any atom is -0.875 e. The second-order valence-electron chi connectivity index (χ2n) is 8.29. The summed E-state index contributed by atoms with van der Waals surface area (Å²) in [4.78, 5) is 0.